The van der Waals surface area contributed by atoms with Crippen LogP contribution in [0, 0.1) is 0 Å². The number of quaternary nitrogens is 1. The zero-order valence-electron chi connectivity index (χ0n) is 50.0. The third-order valence-corrected chi connectivity index (χ3v) is 14.4. The molecule has 0 aliphatic heterocycles. The summed E-state index contributed by atoms with van der Waals surface area (Å²) in [5.74, 6) is -0.194. The maximum atomic E-state index is 13.0. The Morgan fingerprint density at radius 2 is 0.803 bits per heavy atom. The summed E-state index contributed by atoms with van der Waals surface area (Å²) in [5, 5.41) is 13.9. The Balaban J connectivity index is 4.19. The molecule has 0 saturated carbocycles. The zero-order chi connectivity index (χ0) is 55.6. The van der Waals surface area contributed by atoms with E-state index in [0.29, 0.717) is 17.4 Å². The molecule has 0 fully saturated rings. The molecule has 0 heterocycles. The minimum atomic E-state index is -4.37. The van der Waals surface area contributed by atoms with Gasteiger partial charge in [-0.05, 0) is 96.3 Å². The van der Waals surface area contributed by atoms with E-state index in [0.717, 1.165) is 83.5 Å². The van der Waals surface area contributed by atoms with E-state index in [9.17, 15) is 19.4 Å². The highest BCUT2D eigenvalue weighted by molar-refractivity contribution is 7.47. The van der Waals surface area contributed by atoms with Crippen molar-refractivity contribution in [2.45, 2.75) is 270 Å². The number of carbonyl (C=O) groups excluding carboxylic acids is 1. The fraction of sp³-hybridized carbons (Fsp3) is 0.716. The van der Waals surface area contributed by atoms with E-state index >= 15 is 0 Å². The molecule has 0 aliphatic rings. The third kappa shape index (κ3) is 58.8. The average Bonchev–Trinajstić information content (AvgIpc) is 3.38. The second-order valence-electron chi connectivity index (χ2n) is 22.0. The van der Waals surface area contributed by atoms with Gasteiger partial charge in [0.2, 0.25) is 5.91 Å². The van der Waals surface area contributed by atoms with Crippen LogP contribution in [-0.4, -0.2) is 73.4 Å². The van der Waals surface area contributed by atoms with Crippen molar-refractivity contribution in [1.29, 1.82) is 0 Å². The predicted molar refractivity (Wildman–Crippen MR) is 332 cm³/mol. The van der Waals surface area contributed by atoms with E-state index in [1.54, 1.807) is 6.08 Å². The molecule has 0 aromatic heterocycles. The molecule has 8 nitrogen and oxygen atoms in total. The van der Waals surface area contributed by atoms with Gasteiger partial charge < -0.3 is 19.8 Å². The summed E-state index contributed by atoms with van der Waals surface area (Å²) < 4.78 is 23.7. The molecule has 0 bridgehead atoms. The fourth-order valence-corrected chi connectivity index (χ4v) is 9.34. The van der Waals surface area contributed by atoms with Crippen molar-refractivity contribution in [2.24, 2.45) is 0 Å². The first-order valence-electron chi connectivity index (χ1n) is 31.3. The van der Waals surface area contributed by atoms with E-state index < -0.39 is 20.0 Å². The second-order valence-corrected chi connectivity index (χ2v) is 23.5. The molecule has 0 radical (unpaired) electrons. The summed E-state index contributed by atoms with van der Waals surface area (Å²) in [6.07, 6.45) is 83.5. The van der Waals surface area contributed by atoms with E-state index in [1.165, 1.54) is 154 Å². The van der Waals surface area contributed by atoms with E-state index in [2.05, 4.69) is 116 Å². The number of hydrogen-bond acceptors (Lipinski definition) is 5. The Morgan fingerprint density at radius 3 is 1.21 bits per heavy atom. The molecule has 438 valence electrons. The number of phosphoric acid groups is 1. The van der Waals surface area contributed by atoms with Crippen LogP contribution in [0.25, 0.3) is 0 Å². The summed E-state index contributed by atoms with van der Waals surface area (Å²) in [6.45, 7) is 4.68. The number of allylic oxidation sites excluding steroid dienone is 17. The summed E-state index contributed by atoms with van der Waals surface area (Å²) in [4.78, 5) is 23.3. The van der Waals surface area contributed by atoms with Crippen LogP contribution < -0.4 is 5.32 Å². The predicted octanol–water partition coefficient (Wildman–Crippen LogP) is 19.5. The number of amides is 1. The van der Waals surface area contributed by atoms with Crippen molar-refractivity contribution >= 4 is 13.7 Å². The smallest absolute Gasteiger partial charge is 0.387 e. The number of hydrogen-bond donors (Lipinski definition) is 3. The number of nitrogens with one attached hydrogen (secondary N) is 1. The third-order valence-electron chi connectivity index (χ3n) is 13.5. The van der Waals surface area contributed by atoms with Gasteiger partial charge in [0, 0.05) is 6.42 Å². The van der Waals surface area contributed by atoms with Gasteiger partial charge in [0.1, 0.15) is 13.2 Å². The molecule has 0 aromatic carbocycles. The molecular weight excluding hydrogens is 960 g/mol. The number of likely N-dealkylation sites (N-methyl/N-ethyl adjacent to an activating group) is 1. The normalized spacial score (nSPS) is 14.6. The van der Waals surface area contributed by atoms with Crippen molar-refractivity contribution in [3.63, 3.8) is 0 Å². The Kier molecular flexibility index (Phi) is 54.7. The van der Waals surface area contributed by atoms with Gasteiger partial charge in [-0.15, -0.1) is 0 Å². The molecular formula is C67H120N2O6P+. The van der Waals surface area contributed by atoms with Gasteiger partial charge in [0.25, 0.3) is 0 Å². The van der Waals surface area contributed by atoms with Crippen LogP contribution in [0.3, 0.4) is 0 Å². The Morgan fingerprint density at radius 1 is 0.461 bits per heavy atom. The first kappa shape index (κ1) is 73.2. The summed E-state index contributed by atoms with van der Waals surface area (Å²) in [7, 11) is 1.54. The van der Waals surface area contributed by atoms with Gasteiger partial charge in [-0.25, -0.2) is 4.57 Å². The van der Waals surface area contributed by atoms with Crippen molar-refractivity contribution < 1.29 is 32.9 Å². The molecule has 9 heteroatoms. The minimum Gasteiger partial charge on any atom is -0.387 e. The quantitative estimate of drug-likeness (QED) is 0.0243. The molecule has 3 atom stereocenters. The first-order valence-corrected chi connectivity index (χ1v) is 32.8. The average molecular weight is 1080 g/mol. The highest BCUT2D eigenvalue weighted by Crippen LogP contribution is 2.43. The number of rotatable bonds is 56. The van der Waals surface area contributed by atoms with Crippen molar-refractivity contribution in [1.82, 2.24) is 5.32 Å². The molecule has 76 heavy (non-hydrogen) atoms. The van der Waals surface area contributed by atoms with E-state index in [1.807, 2.05) is 27.2 Å². The molecule has 0 rings (SSSR count). The van der Waals surface area contributed by atoms with Gasteiger partial charge in [-0.3, -0.25) is 13.8 Å². The molecule has 0 saturated heterocycles. The van der Waals surface area contributed by atoms with Crippen LogP contribution in [0.15, 0.2) is 109 Å². The van der Waals surface area contributed by atoms with E-state index in [4.69, 9.17) is 9.05 Å². The topological polar surface area (TPSA) is 105 Å². The number of aliphatic hydroxyl groups excluding tert-OH is 1. The Labute approximate surface area is 470 Å². The maximum Gasteiger partial charge on any atom is 0.472 e. The van der Waals surface area contributed by atoms with Crippen molar-refractivity contribution in [3.05, 3.63) is 109 Å². The van der Waals surface area contributed by atoms with Gasteiger partial charge in [0.15, 0.2) is 0 Å². The van der Waals surface area contributed by atoms with Crippen LogP contribution >= 0.6 is 7.82 Å². The molecule has 0 aromatic rings. The number of carbonyl (C=O) groups is 1. The van der Waals surface area contributed by atoms with Gasteiger partial charge in [0.05, 0.1) is 39.9 Å². The van der Waals surface area contributed by atoms with Gasteiger partial charge >= 0.3 is 7.82 Å². The van der Waals surface area contributed by atoms with Crippen molar-refractivity contribution in [3.8, 4) is 0 Å². The minimum absolute atomic E-state index is 0.0493. The molecule has 0 aliphatic carbocycles. The number of unbranched alkanes of at least 4 members (excludes halogenated alkanes) is 27. The largest absolute Gasteiger partial charge is 0.472 e. The molecule has 3 N–H and O–H groups in total. The van der Waals surface area contributed by atoms with Crippen LogP contribution in [0.5, 0.6) is 0 Å². The fourth-order valence-electron chi connectivity index (χ4n) is 8.61. The van der Waals surface area contributed by atoms with Crippen LogP contribution in [-0.2, 0) is 18.4 Å². The molecule has 1 amide bonds. The summed E-state index contributed by atoms with van der Waals surface area (Å²) in [6, 6.07) is -0.877. The van der Waals surface area contributed by atoms with Crippen molar-refractivity contribution in [2.75, 3.05) is 40.9 Å². The lowest BCUT2D eigenvalue weighted by Crippen LogP contribution is -2.45. The van der Waals surface area contributed by atoms with Gasteiger partial charge in [-0.2, -0.15) is 0 Å². The van der Waals surface area contributed by atoms with Gasteiger partial charge in [-0.1, -0.05) is 264 Å². The first-order chi connectivity index (χ1) is 37.0. The second kappa shape index (κ2) is 56.9. The van der Waals surface area contributed by atoms with Crippen LogP contribution in [0.1, 0.15) is 258 Å². The Bertz CT molecular complexity index is 1600. The summed E-state index contributed by atoms with van der Waals surface area (Å²) in [5.41, 5.74) is 0. The molecule has 0 spiro atoms. The van der Waals surface area contributed by atoms with Crippen LogP contribution in [0.2, 0.25) is 0 Å². The van der Waals surface area contributed by atoms with Crippen LogP contribution in [0.4, 0.5) is 0 Å². The maximum absolute atomic E-state index is 13.0. The molecule has 3 unspecified atom stereocenters. The number of nitrogens with zero attached hydrogens (tertiary/aromatic N) is 1. The lowest BCUT2D eigenvalue weighted by Gasteiger charge is -2.25. The highest BCUT2D eigenvalue weighted by Gasteiger charge is 2.27. The standard InChI is InChI=1S/C67H119N2O6P/c1-6-8-10-12-14-16-18-20-22-24-26-28-29-30-31-32-33-34-35-36-37-38-39-41-43-45-47-49-51-53-55-57-59-61-67(71)68-65(64-75-76(72,73)74-63-62-69(3,4)5)66(70)60-58-56-54-52-50-48-46-44-42-40-27-25-23-21-19-17-15-13-11-9-7-2/h8,10,14,16,20,22,26,28,30-31,33-34,42,44,50,52,58,60,65-66,70H,6-7,9,11-13,15,17-19,21,23-25,27,29,32,35-41,43,45-49,51,53-57,59,61-64H2,1-5H3,(H-,68,71,72,73)/p+1/b10-8-,16-14-,22-20-,28-26-,31-30-,34-33-,44-42+,52-50+,60-58+. The number of phosphoric ester groups is 1. The summed E-state index contributed by atoms with van der Waals surface area (Å²) >= 11 is 0. The lowest BCUT2D eigenvalue weighted by atomic mass is 10.0. The highest BCUT2D eigenvalue weighted by atomic mass is 31.2. The SMILES string of the molecule is CC/C=C\C/C=C\C/C=C\C/C=C\C/C=C\C/C=C\CCCCCCCCCCCCCCCCC(=O)NC(COP(=O)(O)OCC[N+](C)(C)C)C(O)/C=C/CC/C=C/CC/C=C/CCCCCCCCCCCCC. The lowest BCUT2D eigenvalue weighted by molar-refractivity contribution is -0.870. The van der Waals surface area contributed by atoms with E-state index in [-0.39, 0.29) is 19.1 Å². The number of aliphatic hydroxyl groups is 1. The Hall–Kier alpha value is -2.84. The monoisotopic (exact) mass is 1080 g/mol. The zero-order valence-corrected chi connectivity index (χ0v) is 50.9.